The SMILES string of the molecule is C1CCN(C2(N3CCCC3)CNCCN2)CC1. The number of piperazine rings is 1. The van der Waals surface area contributed by atoms with Crippen LogP contribution in [0, 0.1) is 0 Å². The number of nitrogens with one attached hydrogen (secondary N) is 2. The molecule has 3 aliphatic rings. The van der Waals surface area contributed by atoms with E-state index in [-0.39, 0.29) is 5.79 Å². The molecule has 4 heteroatoms. The monoisotopic (exact) mass is 238 g/mol. The molecule has 0 aromatic heterocycles. The zero-order chi connectivity index (χ0) is 11.6. The van der Waals surface area contributed by atoms with E-state index < -0.39 is 0 Å². The Morgan fingerprint density at radius 2 is 1.29 bits per heavy atom. The summed E-state index contributed by atoms with van der Waals surface area (Å²) < 4.78 is 0. The quantitative estimate of drug-likeness (QED) is 0.730. The fourth-order valence-corrected chi connectivity index (χ4v) is 3.67. The lowest BCUT2D eigenvalue weighted by Gasteiger charge is -2.53. The van der Waals surface area contributed by atoms with Crippen LogP contribution in [0.5, 0.6) is 0 Å². The Hall–Kier alpha value is -0.160. The van der Waals surface area contributed by atoms with Gasteiger partial charge in [-0.2, -0.15) is 0 Å². The van der Waals surface area contributed by atoms with Crippen LogP contribution < -0.4 is 10.6 Å². The van der Waals surface area contributed by atoms with Crippen molar-refractivity contribution in [3.05, 3.63) is 0 Å². The van der Waals surface area contributed by atoms with Crippen molar-refractivity contribution in [1.29, 1.82) is 0 Å². The minimum absolute atomic E-state index is 0.134. The molecule has 3 rings (SSSR count). The summed E-state index contributed by atoms with van der Waals surface area (Å²) in [7, 11) is 0. The second kappa shape index (κ2) is 5.22. The smallest absolute Gasteiger partial charge is 0.141 e. The molecule has 98 valence electrons. The van der Waals surface area contributed by atoms with Crippen LogP contribution in [0.15, 0.2) is 0 Å². The standard InChI is InChI=1S/C13H26N4/c1-2-8-16(9-3-1)13(12-14-6-7-15-13)17-10-4-5-11-17/h14-15H,1-12H2. The molecule has 4 nitrogen and oxygen atoms in total. The molecular formula is C13H26N4. The van der Waals surface area contributed by atoms with Crippen LogP contribution >= 0.6 is 0 Å². The molecule has 0 amide bonds. The van der Waals surface area contributed by atoms with Gasteiger partial charge in [-0.05, 0) is 25.7 Å². The predicted octanol–water partition coefficient (Wildman–Crippen LogP) is 0.415. The third-order valence-electron chi connectivity index (χ3n) is 4.59. The molecule has 3 fully saturated rings. The van der Waals surface area contributed by atoms with Crippen molar-refractivity contribution in [2.45, 2.75) is 37.9 Å². The van der Waals surface area contributed by atoms with E-state index in [1.165, 1.54) is 58.3 Å². The Morgan fingerprint density at radius 3 is 1.82 bits per heavy atom. The van der Waals surface area contributed by atoms with Crippen LogP contribution in [0.4, 0.5) is 0 Å². The van der Waals surface area contributed by atoms with Crippen LogP contribution in [0.25, 0.3) is 0 Å². The van der Waals surface area contributed by atoms with Gasteiger partial charge >= 0.3 is 0 Å². The van der Waals surface area contributed by atoms with E-state index in [1.807, 2.05) is 0 Å². The van der Waals surface area contributed by atoms with Gasteiger partial charge in [0.25, 0.3) is 0 Å². The summed E-state index contributed by atoms with van der Waals surface area (Å²) in [6.07, 6.45) is 6.91. The maximum Gasteiger partial charge on any atom is 0.141 e. The van der Waals surface area contributed by atoms with E-state index in [1.54, 1.807) is 0 Å². The summed E-state index contributed by atoms with van der Waals surface area (Å²) in [5.41, 5.74) is 0. The molecule has 3 saturated heterocycles. The fourth-order valence-electron chi connectivity index (χ4n) is 3.67. The van der Waals surface area contributed by atoms with Crippen LogP contribution in [-0.2, 0) is 0 Å². The third-order valence-corrected chi connectivity index (χ3v) is 4.59. The summed E-state index contributed by atoms with van der Waals surface area (Å²) in [5.74, 6) is 0.134. The molecule has 1 atom stereocenters. The zero-order valence-corrected chi connectivity index (χ0v) is 10.9. The summed E-state index contributed by atoms with van der Waals surface area (Å²) >= 11 is 0. The molecule has 3 aliphatic heterocycles. The van der Waals surface area contributed by atoms with Gasteiger partial charge in [-0.1, -0.05) is 6.42 Å². The lowest BCUT2D eigenvalue weighted by atomic mass is 10.1. The first-order valence-corrected chi connectivity index (χ1v) is 7.38. The molecule has 3 heterocycles. The average molecular weight is 238 g/mol. The Morgan fingerprint density at radius 1 is 0.706 bits per heavy atom. The molecule has 17 heavy (non-hydrogen) atoms. The second-order valence-electron chi connectivity index (χ2n) is 5.66. The van der Waals surface area contributed by atoms with Gasteiger partial charge in [0.05, 0.1) is 0 Å². The van der Waals surface area contributed by atoms with Crippen molar-refractivity contribution in [1.82, 2.24) is 20.4 Å². The number of nitrogens with zero attached hydrogens (tertiary/aromatic N) is 2. The minimum atomic E-state index is 0.134. The maximum absolute atomic E-state index is 3.83. The van der Waals surface area contributed by atoms with E-state index in [0.717, 1.165) is 19.6 Å². The Bertz CT molecular complexity index is 238. The Kier molecular flexibility index (Phi) is 3.66. The first-order valence-electron chi connectivity index (χ1n) is 7.38. The van der Waals surface area contributed by atoms with Crippen molar-refractivity contribution in [2.75, 3.05) is 45.8 Å². The van der Waals surface area contributed by atoms with Crippen molar-refractivity contribution < 1.29 is 0 Å². The normalized spacial score (nSPS) is 37.4. The first-order chi connectivity index (χ1) is 8.42. The highest BCUT2D eigenvalue weighted by Gasteiger charge is 2.44. The van der Waals surface area contributed by atoms with Gasteiger partial charge in [0.2, 0.25) is 0 Å². The molecule has 1 unspecified atom stereocenters. The number of hydrogen-bond donors (Lipinski definition) is 2. The van der Waals surface area contributed by atoms with Crippen molar-refractivity contribution in [2.24, 2.45) is 0 Å². The second-order valence-corrected chi connectivity index (χ2v) is 5.66. The highest BCUT2D eigenvalue weighted by molar-refractivity contribution is 4.96. The van der Waals surface area contributed by atoms with Gasteiger partial charge in [-0.3, -0.25) is 15.1 Å². The highest BCUT2D eigenvalue weighted by atomic mass is 15.5. The molecule has 0 aromatic carbocycles. The molecule has 0 radical (unpaired) electrons. The van der Waals surface area contributed by atoms with Crippen LogP contribution in [0.1, 0.15) is 32.1 Å². The van der Waals surface area contributed by atoms with E-state index >= 15 is 0 Å². The highest BCUT2D eigenvalue weighted by Crippen LogP contribution is 2.27. The Balaban J connectivity index is 1.78. The lowest BCUT2D eigenvalue weighted by molar-refractivity contribution is -0.0900. The minimum Gasteiger partial charge on any atom is -0.311 e. The van der Waals surface area contributed by atoms with Crippen LogP contribution in [0.2, 0.25) is 0 Å². The van der Waals surface area contributed by atoms with Crippen molar-refractivity contribution >= 4 is 0 Å². The topological polar surface area (TPSA) is 30.5 Å². The lowest BCUT2D eigenvalue weighted by Crippen LogP contribution is -2.76. The van der Waals surface area contributed by atoms with E-state index in [0.29, 0.717) is 0 Å². The van der Waals surface area contributed by atoms with Gasteiger partial charge in [-0.15, -0.1) is 0 Å². The predicted molar refractivity (Wildman–Crippen MR) is 69.8 cm³/mol. The molecule has 0 saturated carbocycles. The van der Waals surface area contributed by atoms with Gasteiger partial charge < -0.3 is 5.32 Å². The number of hydrogen-bond acceptors (Lipinski definition) is 4. The van der Waals surface area contributed by atoms with E-state index in [4.69, 9.17) is 0 Å². The van der Waals surface area contributed by atoms with E-state index in [2.05, 4.69) is 20.4 Å². The maximum atomic E-state index is 3.83. The van der Waals surface area contributed by atoms with E-state index in [9.17, 15) is 0 Å². The molecule has 2 N–H and O–H groups in total. The van der Waals surface area contributed by atoms with Crippen LogP contribution in [-0.4, -0.2) is 61.4 Å². The summed E-state index contributed by atoms with van der Waals surface area (Å²) in [6.45, 7) is 8.39. The molecule has 0 spiro atoms. The summed E-state index contributed by atoms with van der Waals surface area (Å²) in [6, 6.07) is 0. The average Bonchev–Trinajstić information content (AvgIpc) is 2.95. The molecule has 0 bridgehead atoms. The molecular weight excluding hydrogens is 212 g/mol. The zero-order valence-electron chi connectivity index (χ0n) is 10.9. The van der Waals surface area contributed by atoms with Gasteiger partial charge in [0.1, 0.15) is 5.79 Å². The first kappa shape index (κ1) is 11.9. The molecule has 0 aromatic rings. The summed E-state index contributed by atoms with van der Waals surface area (Å²) in [5, 5.41) is 7.44. The van der Waals surface area contributed by atoms with Gasteiger partial charge in [0.15, 0.2) is 0 Å². The third kappa shape index (κ3) is 2.24. The van der Waals surface area contributed by atoms with Crippen LogP contribution in [0.3, 0.4) is 0 Å². The van der Waals surface area contributed by atoms with Gasteiger partial charge in [-0.25, -0.2) is 0 Å². The largest absolute Gasteiger partial charge is 0.311 e. The molecule has 0 aliphatic carbocycles. The Labute approximate surface area is 105 Å². The number of rotatable bonds is 2. The fraction of sp³-hybridized carbons (Fsp3) is 1.00. The van der Waals surface area contributed by atoms with Crippen molar-refractivity contribution in [3.8, 4) is 0 Å². The summed E-state index contributed by atoms with van der Waals surface area (Å²) in [4.78, 5) is 5.39. The van der Waals surface area contributed by atoms with Gasteiger partial charge in [0, 0.05) is 45.8 Å². The number of piperidine rings is 1. The number of likely N-dealkylation sites (tertiary alicyclic amines) is 2. The van der Waals surface area contributed by atoms with Crippen molar-refractivity contribution in [3.63, 3.8) is 0 Å².